The number of hydrogen-bond acceptors (Lipinski definition) is 3. The van der Waals surface area contributed by atoms with Crippen molar-refractivity contribution in [3.8, 4) is 0 Å². The summed E-state index contributed by atoms with van der Waals surface area (Å²) in [6.07, 6.45) is 0. The molecule has 0 radical (unpaired) electrons. The maximum Gasteiger partial charge on any atom is 0.325 e. The summed E-state index contributed by atoms with van der Waals surface area (Å²) in [5.41, 5.74) is 1.69. The molecule has 1 aliphatic rings. The average Bonchev–Trinajstić information content (AvgIpc) is 2.96. The molecule has 1 atom stereocenters. The molecule has 6 nitrogen and oxygen atoms in total. The van der Waals surface area contributed by atoms with Gasteiger partial charge in [0.25, 0.3) is 5.91 Å². The second-order valence-corrected chi connectivity index (χ2v) is 8.12. The average molecular weight is 408 g/mol. The van der Waals surface area contributed by atoms with Crippen LogP contribution in [0, 0.1) is 0 Å². The third kappa shape index (κ3) is 4.22. The van der Waals surface area contributed by atoms with E-state index in [1.54, 1.807) is 11.8 Å². The van der Waals surface area contributed by atoms with E-state index in [2.05, 4.69) is 19.2 Å². The highest BCUT2D eigenvalue weighted by Gasteiger charge is 2.49. The molecule has 6 heteroatoms. The molecule has 1 fully saturated rings. The van der Waals surface area contributed by atoms with E-state index in [1.807, 2.05) is 61.5 Å². The minimum atomic E-state index is -1.18. The molecule has 2 aromatic rings. The lowest BCUT2D eigenvalue weighted by Gasteiger charge is -2.25. The van der Waals surface area contributed by atoms with E-state index in [4.69, 9.17) is 0 Å². The molecule has 1 aliphatic heterocycles. The Morgan fingerprint density at radius 2 is 1.70 bits per heavy atom. The van der Waals surface area contributed by atoms with Crippen LogP contribution in [-0.2, 0) is 21.7 Å². The van der Waals surface area contributed by atoms with Gasteiger partial charge in [0, 0.05) is 13.1 Å². The smallest absolute Gasteiger partial charge is 0.325 e. The molecule has 158 valence electrons. The maximum absolute atomic E-state index is 13.1. The molecule has 1 saturated heterocycles. The number of carbonyl (C=O) groups excluding carboxylic acids is 3. The van der Waals surface area contributed by atoms with Gasteiger partial charge in [0.05, 0.1) is 0 Å². The summed E-state index contributed by atoms with van der Waals surface area (Å²) >= 11 is 0. The van der Waals surface area contributed by atoms with Gasteiger partial charge >= 0.3 is 6.03 Å². The number of nitrogens with zero attached hydrogens (tertiary/aromatic N) is 2. The lowest BCUT2D eigenvalue weighted by Crippen LogP contribution is -2.44. The maximum atomic E-state index is 13.1. The number of nitrogens with one attached hydrogen (secondary N) is 1. The van der Waals surface area contributed by atoms with E-state index in [-0.39, 0.29) is 12.5 Å². The Labute approximate surface area is 177 Å². The fourth-order valence-electron chi connectivity index (χ4n) is 3.65. The Kier molecular flexibility index (Phi) is 6.25. The molecule has 0 unspecified atom stereocenters. The van der Waals surface area contributed by atoms with Crippen LogP contribution in [0.2, 0.25) is 0 Å². The normalized spacial score (nSPS) is 18.6. The van der Waals surface area contributed by atoms with Gasteiger partial charge in [-0.05, 0) is 36.5 Å². The fraction of sp³-hybridized carbons (Fsp3) is 0.375. The Morgan fingerprint density at radius 1 is 1.07 bits per heavy atom. The van der Waals surface area contributed by atoms with E-state index in [9.17, 15) is 14.4 Å². The first-order valence-corrected chi connectivity index (χ1v) is 10.3. The van der Waals surface area contributed by atoms with Crippen LogP contribution in [0.5, 0.6) is 0 Å². The molecule has 0 spiro atoms. The minimum absolute atomic E-state index is 0.260. The van der Waals surface area contributed by atoms with Crippen LogP contribution in [0.15, 0.2) is 54.6 Å². The second kappa shape index (κ2) is 8.69. The number of amides is 4. The summed E-state index contributed by atoms with van der Waals surface area (Å²) in [5.74, 6) is -0.294. The highest BCUT2D eigenvalue weighted by molar-refractivity contribution is 6.09. The van der Waals surface area contributed by atoms with E-state index in [0.717, 1.165) is 16.0 Å². The Morgan fingerprint density at radius 3 is 2.27 bits per heavy atom. The molecule has 4 amide bonds. The minimum Gasteiger partial charge on any atom is -0.337 e. The van der Waals surface area contributed by atoms with Crippen LogP contribution in [0.1, 0.15) is 50.3 Å². The number of likely N-dealkylation sites (N-methyl/N-ethyl adjacent to an activating group) is 1. The number of imide groups is 1. The van der Waals surface area contributed by atoms with Gasteiger partial charge in [-0.2, -0.15) is 0 Å². The van der Waals surface area contributed by atoms with E-state index < -0.39 is 17.5 Å². The predicted octanol–water partition coefficient (Wildman–Crippen LogP) is 3.63. The summed E-state index contributed by atoms with van der Waals surface area (Å²) < 4.78 is 0. The summed E-state index contributed by atoms with van der Waals surface area (Å²) in [4.78, 5) is 41.2. The van der Waals surface area contributed by atoms with Crippen LogP contribution in [0.4, 0.5) is 4.79 Å². The Bertz CT molecular complexity index is 924. The second-order valence-electron chi connectivity index (χ2n) is 8.12. The lowest BCUT2D eigenvalue weighted by atomic mass is 9.90. The van der Waals surface area contributed by atoms with Gasteiger partial charge < -0.3 is 10.2 Å². The monoisotopic (exact) mass is 407 g/mol. The van der Waals surface area contributed by atoms with Gasteiger partial charge in [-0.15, -0.1) is 0 Å². The lowest BCUT2D eigenvalue weighted by molar-refractivity contribution is -0.139. The Balaban J connectivity index is 1.74. The van der Waals surface area contributed by atoms with Crippen LogP contribution in [-0.4, -0.2) is 40.7 Å². The van der Waals surface area contributed by atoms with Crippen molar-refractivity contribution >= 4 is 17.8 Å². The van der Waals surface area contributed by atoms with Gasteiger partial charge in [-0.3, -0.25) is 14.5 Å². The molecule has 30 heavy (non-hydrogen) atoms. The zero-order valence-electron chi connectivity index (χ0n) is 18.0. The largest absolute Gasteiger partial charge is 0.337 e. The summed E-state index contributed by atoms with van der Waals surface area (Å²) in [6.45, 7) is 8.42. The third-order valence-electron chi connectivity index (χ3n) is 5.67. The van der Waals surface area contributed by atoms with Crippen LogP contribution >= 0.6 is 0 Å². The van der Waals surface area contributed by atoms with Crippen molar-refractivity contribution in [1.29, 1.82) is 0 Å². The summed E-state index contributed by atoms with van der Waals surface area (Å²) in [5, 5.41) is 2.77. The fourth-order valence-corrected chi connectivity index (χ4v) is 3.65. The van der Waals surface area contributed by atoms with Crippen molar-refractivity contribution in [1.82, 2.24) is 15.1 Å². The summed E-state index contributed by atoms with van der Waals surface area (Å²) in [6, 6.07) is 16.8. The zero-order valence-corrected chi connectivity index (χ0v) is 18.0. The zero-order chi connectivity index (χ0) is 21.9. The third-order valence-corrected chi connectivity index (χ3v) is 5.67. The molecular formula is C24H29N3O3. The molecule has 1 heterocycles. The number of hydrogen-bond donors (Lipinski definition) is 1. The summed E-state index contributed by atoms with van der Waals surface area (Å²) in [7, 11) is 0. The van der Waals surface area contributed by atoms with Crippen LogP contribution in [0.3, 0.4) is 0 Å². The van der Waals surface area contributed by atoms with E-state index in [1.165, 1.54) is 0 Å². The molecule has 0 aliphatic carbocycles. The topological polar surface area (TPSA) is 69.7 Å². The molecular weight excluding hydrogens is 378 g/mol. The van der Waals surface area contributed by atoms with E-state index >= 15 is 0 Å². The first-order chi connectivity index (χ1) is 14.3. The highest BCUT2D eigenvalue weighted by atomic mass is 16.2. The predicted molar refractivity (Wildman–Crippen MR) is 116 cm³/mol. The van der Waals surface area contributed by atoms with Gasteiger partial charge in [0.1, 0.15) is 12.1 Å². The van der Waals surface area contributed by atoms with Crippen molar-refractivity contribution < 1.29 is 14.4 Å². The van der Waals surface area contributed by atoms with Gasteiger partial charge in [-0.1, -0.05) is 68.4 Å². The standard InChI is InChI=1S/C24H29N3O3/c1-5-26(15-18-9-7-6-8-10-18)21(28)16-27-22(29)24(4,25-23(27)30)20-13-11-19(12-14-20)17(2)3/h6-14,17H,5,15-16H2,1-4H3,(H,25,30)/t24-/m0/s1. The van der Waals surface area contributed by atoms with Crippen molar-refractivity contribution in [2.24, 2.45) is 0 Å². The van der Waals surface area contributed by atoms with E-state index in [0.29, 0.717) is 24.6 Å². The first kappa shape index (κ1) is 21.6. The van der Waals surface area contributed by atoms with Crippen LogP contribution < -0.4 is 5.32 Å². The number of benzene rings is 2. The van der Waals surface area contributed by atoms with Crippen molar-refractivity contribution in [2.75, 3.05) is 13.1 Å². The number of rotatable bonds is 7. The van der Waals surface area contributed by atoms with Crippen LogP contribution in [0.25, 0.3) is 0 Å². The molecule has 1 N–H and O–H groups in total. The molecule has 0 saturated carbocycles. The highest BCUT2D eigenvalue weighted by Crippen LogP contribution is 2.30. The molecule has 3 rings (SSSR count). The van der Waals surface area contributed by atoms with Crippen molar-refractivity contribution in [3.63, 3.8) is 0 Å². The van der Waals surface area contributed by atoms with Gasteiger partial charge in [0.15, 0.2) is 0 Å². The first-order valence-electron chi connectivity index (χ1n) is 10.3. The Hall–Kier alpha value is -3.15. The number of carbonyl (C=O) groups is 3. The van der Waals surface area contributed by atoms with Crippen molar-refractivity contribution in [3.05, 3.63) is 71.3 Å². The quantitative estimate of drug-likeness (QED) is 0.713. The molecule has 0 aromatic heterocycles. The van der Waals surface area contributed by atoms with Gasteiger partial charge in [-0.25, -0.2) is 4.79 Å². The number of urea groups is 1. The SMILES string of the molecule is CCN(Cc1ccccc1)C(=O)CN1C(=O)N[C@@](C)(c2ccc(C(C)C)cc2)C1=O. The van der Waals surface area contributed by atoms with Gasteiger partial charge in [0.2, 0.25) is 5.91 Å². The van der Waals surface area contributed by atoms with Crippen molar-refractivity contribution in [2.45, 2.75) is 45.7 Å². The molecule has 0 bridgehead atoms. The molecule has 2 aromatic carbocycles.